The molecule has 1 fully saturated rings. The summed E-state index contributed by atoms with van der Waals surface area (Å²) >= 11 is 1.48. The zero-order valence-corrected chi connectivity index (χ0v) is 39.3. The molecule has 5 N–H and O–H groups in total. The number of anilines is 5. The van der Waals surface area contributed by atoms with Gasteiger partial charge in [-0.2, -0.15) is 0 Å². The standard InChI is InChI=1S/C52H53N7O9S/c1-32-26-38(34(3)55-42-14-8-5-12-37(42)52(64)65)48-39(27-32)44(60)29-47(68-48)59-20-18-58(19-21-59)46(61)16-22-66-24-25-67-23-17-53-50(62)35-28-43(49(54-30-35)56-41-13-7-4-10-33(41)2)57-51(63)40-31-69-45-15-9-6-11-36(40)45/h4-15,26-31,34,55H,16-25H2,1-3H3,(H,53,62)(H,54,56)(H,57,63)(H,64,65)/t34-/m1/s1. The molecule has 1 aliphatic rings. The number of carboxylic acid groups (broad SMARTS) is 1. The first-order chi connectivity index (χ1) is 33.4. The van der Waals surface area contributed by atoms with Crippen LogP contribution in [0.1, 0.15) is 67.2 Å². The number of carbonyl (C=O) groups excluding carboxylic acids is 3. The lowest BCUT2D eigenvalue weighted by molar-refractivity contribution is -0.132. The van der Waals surface area contributed by atoms with Gasteiger partial charge in [-0.1, -0.05) is 54.6 Å². The van der Waals surface area contributed by atoms with Crippen LogP contribution in [0.3, 0.4) is 0 Å². The molecule has 69 heavy (non-hydrogen) atoms. The van der Waals surface area contributed by atoms with Crippen LogP contribution in [0.25, 0.3) is 21.1 Å². The number of hydrogen-bond donors (Lipinski definition) is 5. The van der Waals surface area contributed by atoms with Gasteiger partial charge in [0.05, 0.1) is 66.7 Å². The highest BCUT2D eigenvalue weighted by atomic mass is 32.1. The fourth-order valence-electron chi connectivity index (χ4n) is 8.13. The van der Waals surface area contributed by atoms with Crippen LogP contribution in [0.15, 0.2) is 118 Å². The van der Waals surface area contributed by atoms with E-state index in [-0.39, 0.29) is 79.7 Å². The Labute approximate surface area is 402 Å². The molecule has 16 nitrogen and oxygen atoms in total. The molecule has 4 heterocycles. The van der Waals surface area contributed by atoms with Crippen LogP contribution in [0.5, 0.6) is 0 Å². The maximum Gasteiger partial charge on any atom is 0.337 e. The summed E-state index contributed by atoms with van der Waals surface area (Å²) in [6.07, 6.45) is 1.65. The number of fused-ring (bicyclic) bond motifs is 2. The zero-order valence-electron chi connectivity index (χ0n) is 38.5. The SMILES string of the molecule is Cc1cc([C@@H](C)Nc2ccccc2C(=O)O)c2oc(N3CCN(C(=O)CCOCCOCCNC(=O)c4cnc(Nc5ccccc5C)c(NC(=O)c5csc6ccccc56)c4)CC3)cc(=O)c2c1. The van der Waals surface area contributed by atoms with E-state index in [1.807, 2.05) is 85.6 Å². The van der Waals surface area contributed by atoms with Crippen LogP contribution >= 0.6 is 11.3 Å². The molecule has 0 radical (unpaired) electrons. The van der Waals surface area contributed by atoms with Crippen molar-refractivity contribution in [2.75, 3.05) is 80.0 Å². The van der Waals surface area contributed by atoms with Gasteiger partial charge >= 0.3 is 5.97 Å². The number of pyridine rings is 1. The van der Waals surface area contributed by atoms with Crippen LogP contribution in [0.2, 0.25) is 0 Å². The van der Waals surface area contributed by atoms with Crippen molar-refractivity contribution in [2.45, 2.75) is 33.2 Å². The molecule has 3 amide bonds. The Morgan fingerprint density at radius 3 is 2.30 bits per heavy atom. The molecule has 0 bridgehead atoms. The number of piperazine rings is 1. The molecule has 0 aliphatic carbocycles. The van der Waals surface area contributed by atoms with E-state index in [2.05, 4.69) is 26.3 Å². The van der Waals surface area contributed by atoms with Crippen molar-refractivity contribution in [1.29, 1.82) is 0 Å². The van der Waals surface area contributed by atoms with Gasteiger partial charge in [-0.05, 0) is 68.3 Å². The second-order valence-electron chi connectivity index (χ2n) is 16.7. The van der Waals surface area contributed by atoms with Gasteiger partial charge in [0.25, 0.3) is 11.8 Å². The second kappa shape index (κ2) is 22.0. The number of aromatic nitrogens is 1. The molecule has 356 valence electrons. The summed E-state index contributed by atoms with van der Waals surface area (Å²) in [6, 6.07) is 28.5. The summed E-state index contributed by atoms with van der Waals surface area (Å²) in [5.74, 6) is -0.994. The molecule has 8 rings (SSSR count). The van der Waals surface area contributed by atoms with Gasteiger partial charge in [0.1, 0.15) is 5.58 Å². The predicted molar refractivity (Wildman–Crippen MR) is 269 cm³/mol. The van der Waals surface area contributed by atoms with Gasteiger partial charge < -0.3 is 50.1 Å². The number of benzene rings is 4. The number of thiophene rings is 1. The minimum absolute atomic E-state index is 0.0475. The summed E-state index contributed by atoms with van der Waals surface area (Å²) in [6.45, 7) is 8.74. The van der Waals surface area contributed by atoms with Crippen LogP contribution in [-0.2, 0) is 14.3 Å². The van der Waals surface area contributed by atoms with Crippen molar-refractivity contribution >= 4 is 84.8 Å². The van der Waals surface area contributed by atoms with Gasteiger partial charge in [0.15, 0.2) is 17.1 Å². The number of carbonyl (C=O) groups is 4. The zero-order chi connectivity index (χ0) is 48.4. The number of hydrogen-bond acceptors (Lipinski definition) is 13. The Bertz CT molecular complexity index is 3070. The number of aromatic carboxylic acids is 1. The molecule has 0 spiro atoms. The third kappa shape index (κ3) is 11.6. The van der Waals surface area contributed by atoms with E-state index >= 15 is 0 Å². The van der Waals surface area contributed by atoms with Crippen molar-refractivity contribution in [2.24, 2.45) is 0 Å². The number of nitrogens with zero attached hydrogens (tertiary/aromatic N) is 3. The Hall–Kier alpha value is -7.60. The molecule has 0 unspecified atom stereocenters. The Morgan fingerprint density at radius 2 is 1.52 bits per heavy atom. The van der Waals surface area contributed by atoms with Gasteiger partial charge in [-0.3, -0.25) is 19.2 Å². The summed E-state index contributed by atoms with van der Waals surface area (Å²) in [5.41, 5.74) is 5.37. The first-order valence-corrected chi connectivity index (χ1v) is 23.6. The monoisotopic (exact) mass is 951 g/mol. The molecule has 3 aromatic heterocycles. The van der Waals surface area contributed by atoms with Crippen LogP contribution in [0, 0.1) is 13.8 Å². The van der Waals surface area contributed by atoms with E-state index in [0.717, 1.165) is 32.5 Å². The van der Waals surface area contributed by atoms with Gasteiger partial charge in [0.2, 0.25) is 5.91 Å². The first-order valence-electron chi connectivity index (χ1n) is 22.7. The highest BCUT2D eigenvalue weighted by Crippen LogP contribution is 2.33. The fourth-order valence-corrected chi connectivity index (χ4v) is 9.07. The fraction of sp³-hybridized carbons (Fsp3) is 0.269. The third-order valence-corrected chi connectivity index (χ3v) is 12.8. The van der Waals surface area contributed by atoms with E-state index in [1.54, 1.807) is 35.2 Å². The number of carboxylic acids is 1. The van der Waals surface area contributed by atoms with Crippen molar-refractivity contribution in [3.8, 4) is 0 Å². The van der Waals surface area contributed by atoms with E-state index < -0.39 is 5.97 Å². The molecule has 1 atom stereocenters. The van der Waals surface area contributed by atoms with Crippen molar-refractivity contribution in [1.82, 2.24) is 15.2 Å². The quantitative estimate of drug-likeness (QED) is 0.0484. The molecule has 1 saturated heterocycles. The third-order valence-electron chi connectivity index (χ3n) is 11.8. The number of ether oxygens (including phenoxy) is 2. The van der Waals surface area contributed by atoms with Gasteiger partial charge in [-0.25, -0.2) is 9.78 Å². The van der Waals surface area contributed by atoms with Crippen LogP contribution < -0.4 is 31.6 Å². The average molecular weight is 952 g/mol. The molecular weight excluding hydrogens is 899 g/mol. The number of para-hydroxylation sites is 2. The maximum atomic E-state index is 13.5. The van der Waals surface area contributed by atoms with Crippen molar-refractivity contribution < 1.29 is 38.2 Å². The van der Waals surface area contributed by atoms with E-state index in [4.69, 9.17) is 13.9 Å². The Kier molecular flexibility index (Phi) is 15.3. The first kappa shape index (κ1) is 47.9. The van der Waals surface area contributed by atoms with Crippen LogP contribution in [0.4, 0.5) is 28.8 Å². The topological polar surface area (TPSA) is 205 Å². The lowest BCUT2D eigenvalue weighted by Gasteiger charge is -2.35. The lowest BCUT2D eigenvalue weighted by Crippen LogP contribution is -2.49. The van der Waals surface area contributed by atoms with Gasteiger partial charge in [-0.15, -0.1) is 11.3 Å². The minimum Gasteiger partial charge on any atom is -0.478 e. The Morgan fingerprint density at radius 1 is 0.797 bits per heavy atom. The number of rotatable bonds is 19. The molecule has 4 aromatic carbocycles. The summed E-state index contributed by atoms with van der Waals surface area (Å²) in [5, 5.41) is 25.2. The Balaban J connectivity index is 0.767. The second-order valence-corrected chi connectivity index (χ2v) is 17.6. The molecule has 7 aromatic rings. The van der Waals surface area contributed by atoms with Crippen molar-refractivity contribution in [3.63, 3.8) is 0 Å². The molecule has 0 saturated carbocycles. The number of nitrogens with one attached hydrogen (secondary N) is 4. The highest BCUT2D eigenvalue weighted by Gasteiger charge is 2.25. The summed E-state index contributed by atoms with van der Waals surface area (Å²) < 4.78 is 18.8. The molecule has 17 heteroatoms. The average Bonchev–Trinajstić information content (AvgIpc) is 3.79. The lowest BCUT2D eigenvalue weighted by atomic mass is 10.0. The smallest absolute Gasteiger partial charge is 0.337 e. The normalized spacial score (nSPS) is 13.0. The van der Waals surface area contributed by atoms with Crippen molar-refractivity contribution in [3.05, 3.63) is 152 Å². The van der Waals surface area contributed by atoms with E-state index in [1.165, 1.54) is 29.7 Å². The maximum absolute atomic E-state index is 13.5. The summed E-state index contributed by atoms with van der Waals surface area (Å²) in [4.78, 5) is 73.4. The molecule has 1 aliphatic heterocycles. The predicted octanol–water partition coefficient (Wildman–Crippen LogP) is 8.39. The number of aryl methyl sites for hydroxylation is 2. The van der Waals surface area contributed by atoms with E-state index in [9.17, 15) is 29.1 Å². The summed E-state index contributed by atoms with van der Waals surface area (Å²) in [7, 11) is 0. The number of amides is 3. The van der Waals surface area contributed by atoms with Gasteiger partial charge in [0, 0.05) is 77.4 Å². The molecular formula is C52H53N7O9S. The van der Waals surface area contributed by atoms with E-state index in [0.29, 0.717) is 65.8 Å². The highest BCUT2D eigenvalue weighted by molar-refractivity contribution is 7.17. The minimum atomic E-state index is -1.05. The largest absolute Gasteiger partial charge is 0.478 e. The van der Waals surface area contributed by atoms with Crippen LogP contribution in [-0.4, -0.2) is 97.8 Å².